The maximum Gasteiger partial charge on any atom is -0.00892 e. The van der Waals surface area contributed by atoms with Crippen molar-refractivity contribution in [1.82, 2.24) is 0 Å². The lowest BCUT2D eigenvalue weighted by molar-refractivity contribution is 0.671. The van der Waals surface area contributed by atoms with Gasteiger partial charge in [-0.1, -0.05) is 68.0 Å². The second-order valence-corrected chi connectivity index (χ2v) is 4.62. The Bertz CT molecular complexity index is 127. The maximum absolute atomic E-state index is 3.62. The molecule has 0 aromatic heterocycles. The van der Waals surface area contributed by atoms with Gasteiger partial charge in [-0.15, -0.1) is 0 Å². The third-order valence-corrected chi connectivity index (χ3v) is 2.91. The van der Waals surface area contributed by atoms with Crippen LogP contribution >= 0.6 is 15.9 Å². The van der Waals surface area contributed by atoms with Crippen LogP contribution in [0.1, 0.15) is 65.2 Å². The van der Waals surface area contributed by atoms with Crippen molar-refractivity contribution in [1.29, 1.82) is 0 Å². The largest absolute Gasteiger partial charge is 0.0744 e. The van der Waals surface area contributed by atoms with Crippen LogP contribution in [0.15, 0.2) is 10.6 Å². The number of allylic oxidation sites excluding steroid dienone is 2. The van der Waals surface area contributed by atoms with Gasteiger partial charge in [0.1, 0.15) is 0 Å². The molecule has 0 N–H and O–H groups in total. The summed E-state index contributed by atoms with van der Waals surface area (Å²) in [6, 6.07) is 0. The summed E-state index contributed by atoms with van der Waals surface area (Å²) in [5.74, 6) is 0. The molecular weight excluding hydrogens is 224 g/mol. The van der Waals surface area contributed by atoms with Crippen LogP contribution in [-0.4, -0.2) is 0 Å². The zero-order valence-corrected chi connectivity index (χ0v) is 10.7. The molecule has 0 aliphatic rings. The Hall–Kier alpha value is 0.220. The minimum atomic E-state index is 1.24. The molecule has 0 rings (SSSR count). The average molecular weight is 247 g/mol. The van der Waals surface area contributed by atoms with E-state index >= 15 is 0 Å². The lowest BCUT2D eigenvalue weighted by Crippen LogP contribution is -1.78. The van der Waals surface area contributed by atoms with Crippen LogP contribution in [0, 0.1) is 0 Å². The zero-order valence-electron chi connectivity index (χ0n) is 9.11. The van der Waals surface area contributed by atoms with Crippen LogP contribution in [0.2, 0.25) is 0 Å². The van der Waals surface area contributed by atoms with Crippen LogP contribution in [0.4, 0.5) is 0 Å². The molecule has 0 aromatic rings. The van der Waals surface area contributed by atoms with Crippen molar-refractivity contribution in [3.8, 4) is 0 Å². The van der Waals surface area contributed by atoms with Gasteiger partial charge < -0.3 is 0 Å². The van der Waals surface area contributed by atoms with E-state index in [2.05, 4.69) is 35.9 Å². The van der Waals surface area contributed by atoms with Gasteiger partial charge in [0.25, 0.3) is 0 Å². The molecule has 0 saturated heterocycles. The molecule has 0 atom stereocenters. The lowest BCUT2D eigenvalue weighted by atomic mass is 10.1. The summed E-state index contributed by atoms with van der Waals surface area (Å²) in [7, 11) is 0. The highest BCUT2D eigenvalue weighted by molar-refractivity contribution is 9.11. The molecule has 0 bridgehead atoms. The van der Waals surface area contributed by atoms with Gasteiger partial charge in [-0.25, -0.2) is 0 Å². The van der Waals surface area contributed by atoms with Crippen molar-refractivity contribution in [2.75, 3.05) is 0 Å². The highest BCUT2D eigenvalue weighted by Gasteiger charge is 1.92. The number of hydrogen-bond acceptors (Lipinski definition) is 0. The SMILES string of the molecule is CCCC/C=C(\Br)CCCCCC. The normalized spacial score (nSPS) is 12.1. The smallest absolute Gasteiger partial charge is 0.00892 e. The van der Waals surface area contributed by atoms with E-state index < -0.39 is 0 Å². The Morgan fingerprint density at radius 3 is 2.31 bits per heavy atom. The first-order chi connectivity index (χ1) is 6.31. The molecule has 1 heteroatoms. The predicted molar refractivity (Wildman–Crippen MR) is 65.3 cm³/mol. The average Bonchev–Trinajstić information content (AvgIpc) is 2.13. The quantitative estimate of drug-likeness (QED) is 0.502. The minimum Gasteiger partial charge on any atom is -0.0744 e. The molecule has 0 fully saturated rings. The molecule has 0 spiro atoms. The van der Waals surface area contributed by atoms with Gasteiger partial charge in [0, 0.05) is 0 Å². The first-order valence-electron chi connectivity index (χ1n) is 5.65. The highest BCUT2D eigenvalue weighted by Crippen LogP contribution is 2.17. The number of unbranched alkanes of at least 4 members (excludes halogenated alkanes) is 5. The molecule has 0 saturated carbocycles. The summed E-state index contributed by atoms with van der Waals surface area (Å²) in [6.45, 7) is 4.50. The van der Waals surface area contributed by atoms with Gasteiger partial charge in [-0.2, -0.15) is 0 Å². The Balaban J connectivity index is 3.27. The molecule has 0 aliphatic heterocycles. The van der Waals surface area contributed by atoms with Crippen molar-refractivity contribution >= 4 is 15.9 Å². The Morgan fingerprint density at radius 1 is 1.00 bits per heavy atom. The summed E-state index contributed by atoms with van der Waals surface area (Å²) in [5.41, 5.74) is 0. The van der Waals surface area contributed by atoms with E-state index in [1.54, 1.807) is 0 Å². The second kappa shape index (κ2) is 10.3. The van der Waals surface area contributed by atoms with Crippen LogP contribution in [0.25, 0.3) is 0 Å². The van der Waals surface area contributed by atoms with Gasteiger partial charge in [0.05, 0.1) is 0 Å². The molecule has 0 nitrogen and oxygen atoms in total. The summed E-state index contributed by atoms with van der Waals surface area (Å²) in [6.07, 6.45) is 12.9. The molecule has 0 aromatic carbocycles. The minimum absolute atomic E-state index is 1.24. The van der Waals surface area contributed by atoms with Crippen LogP contribution in [-0.2, 0) is 0 Å². The molecule has 0 aliphatic carbocycles. The Morgan fingerprint density at radius 2 is 1.69 bits per heavy atom. The van der Waals surface area contributed by atoms with Gasteiger partial charge in [0.2, 0.25) is 0 Å². The molecule has 0 unspecified atom stereocenters. The third kappa shape index (κ3) is 10.1. The first-order valence-corrected chi connectivity index (χ1v) is 6.45. The van der Waals surface area contributed by atoms with Crippen molar-refractivity contribution in [2.45, 2.75) is 65.2 Å². The fourth-order valence-electron chi connectivity index (χ4n) is 1.29. The van der Waals surface area contributed by atoms with E-state index in [0.29, 0.717) is 0 Å². The molecule has 0 amide bonds. The zero-order chi connectivity index (χ0) is 9.94. The van der Waals surface area contributed by atoms with E-state index in [0.717, 1.165) is 0 Å². The lowest BCUT2D eigenvalue weighted by Gasteiger charge is -1.99. The molecule has 0 heterocycles. The van der Waals surface area contributed by atoms with Crippen LogP contribution < -0.4 is 0 Å². The van der Waals surface area contributed by atoms with E-state index in [1.165, 1.54) is 55.8 Å². The molecule has 0 radical (unpaired) electrons. The monoisotopic (exact) mass is 246 g/mol. The van der Waals surface area contributed by atoms with Crippen LogP contribution in [0.5, 0.6) is 0 Å². The van der Waals surface area contributed by atoms with E-state index in [-0.39, 0.29) is 0 Å². The summed E-state index contributed by atoms with van der Waals surface area (Å²) in [5, 5.41) is 0. The van der Waals surface area contributed by atoms with Crippen molar-refractivity contribution < 1.29 is 0 Å². The highest BCUT2D eigenvalue weighted by atomic mass is 79.9. The first kappa shape index (κ1) is 13.2. The van der Waals surface area contributed by atoms with Gasteiger partial charge >= 0.3 is 0 Å². The number of halogens is 1. The summed E-state index contributed by atoms with van der Waals surface area (Å²) >= 11 is 3.62. The van der Waals surface area contributed by atoms with Crippen LogP contribution in [0.3, 0.4) is 0 Å². The fraction of sp³-hybridized carbons (Fsp3) is 0.833. The fourth-order valence-corrected chi connectivity index (χ4v) is 1.79. The van der Waals surface area contributed by atoms with Gasteiger partial charge in [0.15, 0.2) is 0 Å². The van der Waals surface area contributed by atoms with Crippen molar-refractivity contribution in [3.63, 3.8) is 0 Å². The van der Waals surface area contributed by atoms with E-state index in [9.17, 15) is 0 Å². The van der Waals surface area contributed by atoms with E-state index in [1.807, 2.05) is 0 Å². The molecular formula is C12H23Br. The van der Waals surface area contributed by atoms with Gasteiger partial charge in [-0.3, -0.25) is 0 Å². The van der Waals surface area contributed by atoms with Gasteiger partial charge in [-0.05, 0) is 23.7 Å². The van der Waals surface area contributed by atoms with Crippen molar-refractivity contribution in [3.05, 3.63) is 10.6 Å². The van der Waals surface area contributed by atoms with Crippen molar-refractivity contribution in [2.24, 2.45) is 0 Å². The Kier molecular flexibility index (Phi) is 10.5. The third-order valence-electron chi connectivity index (χ3n) is 2.19. The topological polar surface area (TPSA) is 0 Å². The predicted octanol–water partition coefficient (Wildman–Crippen LogP) is 5.43. The number of hydrogen-bond donors (Lipinski definition) is 0. The summed E-state index contributed by atoms with van der Waals surface area (Å²) in [4.78, 5) is 0. The maximum atomic E-state index is 3.62. The second-order valence-electron chi connectivity index (χ2n) is 3.60. The Labute approximate surface area is 91.9 Å². The standard InChI is InChI=1S/C12H23Br/c1-3-5-7-9-11-12(13)10-8-6-4-2/h10H,3-9,11H2,1-2H3/b12-10-. The molecule has 13 heavy (non-hydrogen) atoms. The number of rotatable bonds is 8. The molecule has 78 valence electrons. The van der Waals surface area contributed by atoms with E-state index in [4.69, 9.17) is 0 Å². The summed E-state index contributed by atoms with van der Waals surface area (Å²) < 4.78 is 1.41.